The van der Waals surface area contributed by atoms with Gasteiger partial charge in [-0.2, -0.15) is 0 Å². The van der Waals surface area contributed by atoms with E-state index in [0.29, 0.717) is 18.5 Å². The van der Waals surface area contributed by atoms with Gasteiger partial charge in [0.25, 0.3) is 0 Å². The lowest BCUT2D eigenvalue weighted by atomic mass is 9.93. The first-order valence-corrected chi connectivity index (χ1v) is 7.54. The molecule has 0 bridgehead atoms. The first-order valence-electron chi connectivity index (χ1n) is 7.54. The van der Waals surface area contributed by atoms with Crippen molar-refractivity contribution in [3.8, 4) is 0 Å². The highest BCUT2D eigenvalue weighted by Crippen LogP contribution is 2.32. The second-order valence-corrected chi connectivity index (χ2v) is 5.99. The number of aryl methyl sites for hydroxylation is 1. The second-order valence-electron chi connectivity index (χ2n) is 5.99. The van der Waals surface area contributed by atoms with E-state index in [1.807, 2.05) is 30.1 Å². The summed E-state index contributed by atoms with van der Waals surface area (Å²) in [7, 11) is 1.92. The zero-order chi connectivity index (χ0) is 16.4. The van der Waals surface area contributed by atoms with E-state index in [-0.39, 0.29) is 18.3 Å². The third-order valence-electron chi connectivity index (χ3n) is 4.21. The van der Waals surface area contributed by atoms with E-state index in [9.17, 15) is 14.3 Å². The van der Waals surface area contributed by atoms with Gasteiger partial charge in [0.1, 0.15) is 11.4 Å². The van der Waals surface area contributed by atoms with Gasteiger partial charge in [0.05, 0.1) is 6.54 Å². The summed E-state index contributed by atoms with van der Waals surface area (Å²) in [6.07, 6.45) is 7.56. The number of carbonyl (C=O) groups is 1. The van der Waals surface area contributed by atoms with E-state index < -0.39 is 5.60 Å². The van der Waals surface area contributed by atoms with Crippen LogP contribution in [0.5, 0.6) is 0 Å². The van der Waals surface area contributed by atoms with Crippen LogP contribution in [-0.2, 0) is 17.4 Å². The van der Waals surface area contributed by atoms with E-state index in [4.69, 9.17) is 0 Å². The van der Waals surface area contributed by atoms with Gasteiger partial charge in [0.2, 0.25) is 5.91 Å². The Kier molecular flexibility index (Phi) is 4.05. The SMILES string of the molecule is Cn1ccc(/C=C/C(=O)N2CCC(O)(c3ccc(F)cc3)C2)c1. The third-order valence-corrected chi connectivity index (χ3v) is 4.21. The molecule has 1 amide bonds. The molecule has 2 heterocycles. The summed E-state index contributed by atoms with van der Waals surface area (Å²) in [5.74, 6) is -0.471. The van der Waals surface area contributed by atoms with Crippen molar-refractivity contribution in [2.75, 3.05) is 13.1 Å². The summed E-state index contributed by atoms with van der Waals surface area (Å²) in [4.78, 5) is 13.9. The third kappa shape index (κ3) is 3.35. The van der Waals surface area contributed by atoms with Crippen LogP contribution in [0, 0.1) is 5.82 Å². The minimum absolute atomic E-state index is 0.133. The van der Waals surface area contributed by atoms with Crippen molar-refractivity contribution in [1.82, 2.24) is 9.47 Å². The predicted molar refractivity (Wildman–Crippen MR) is 85.9 cm³/mol. The number of benzene rings is 1. The summed E-state index contributed by atoms with van der Waals surface area (Å²) in [5, 5.41) is 10.7. The van der Waals surface area contributed by atoms with Crippen molar-refractivity contribution in [2.45, 2.75) is 12.0 Å². The number of hydrogen-bond donors (Lipinski definition) is 1. The molecule has 4 nitrogen and oxygen atoms in total. The van der Waals surface area contributed by atoms with E-state index >= 15 is 0 Å². The lowest BCUT2D eigenvalue weighted by molar-refractivity contribution is -0.126. The van der Waals surface area contributed by atoms with Crippen molar-refractivity contribution in [1.29, 1.82) is 0 Å². The van der Waals surface area contributed by atoms with Crippen molar-refractivity contribution in [3.05, 3.63) is 65.7 Å². The molecule has 1 unspecified atom stereocenters. The van der Waals surface area contributed by atoms with Crippen LogP contribution in [0.2, 0.25) is 0 Å². The number of aromatic nitrogens is 1. The van der Waals surface area contributed by atoms with Crippen molar-refractivity contribution in [3.63, 3.8) is 0 Å². The molecule has 1 atom stereocenters. The molecule has 23 heavy (non-hydrogen) atoms. The highest BCUT2D eigenvalue weighted by molar-refractivity contribution is 5.92. The van der Waals surface area contributed by atoms with Gasteiger partial charge in [0, 0.05) is 32.1 Å². The van der Waals surface area contributed by atoms with Crippen LogP contribution >= 0.6 is 0 Å². The van der Waals surface area contributed by atoms with E-state index in [2.05, 4.69) is 0 Å². The number of amides is 1. The molecular weight excluding hydrogens is 295 g/mol. The zero-order valence-corrected chi connectivity index (χ0v) is 12.9. The molecule has 3 rings (SSSR count). The number of hydrogen-bond acceptors (Lipinski definition) is 2. The molecule has 1 aliphatic rings. The number of β-amino-alcohol motifs (C(OH)–C–C–N with tert-alkyl or cyclic N) is 1. The van der Waals surface area contributed by atoms with Crippen LogP contribution < -0.4 is 0 Å². The topological polar surface area (TPSA) is 45.5 Å². The first-order chi connectivity index (χ1) is 11.0. The molecule has 2 aromatic rings. The van der Waals surface area contributed by atoms with Crippen LogP contribution in [0.15, 0.2) is 48.8 Å². The van der Waals surface area contributed by atoms with Crippen LogP contribution in [0.3, 0.4) is 0 Å². The van der Waals surface area contributed by atoms with E-state index in [1.54, 1.807) is 23.1 Å². The Balaban J connectivity index is 1.67. The van der Waals surface area contributed by atoms with Gasteiger partial charge < -0.3 is 14.6 Å². The van der Waals surface area contributed by atoms with Gasteiger partial charge in [-0.1, -0.05) is 12.1 Å². The molecule has 5 heteroatoms. The molecule has 1 aromatic heterocycles. The zero-order valence-electron chi connectivity index (χ0n) is 12.9. The molecule has 1 aromatic carbocycles. The Morgan fingerprint density at radius 2 is 2.04 bits per heavy atom. The lowest BCUT2D eigenvalue weighted by Crippen LogP contribution is -2.33. The highest BCUT2D eigenvalue weighted by atomic mass is 19.1. The van der Waals surface area contributed by atoms with Crippen molar-refractivity contribution in [2.24, 2.45) is 7.05 Å². The van der Waals surface area contributed by atoms with Gasteiger partial charge in [-0.15, -0.1) is 0 Å². The fourth-order valence-electron chi connectivity index (χ4n) is 2.87. The summed E-state index contributed by atoms with van der Waals surface area (Å²) in [6, 6.07) is 7.72. The molecule has 0 radical (unpaired) electrons. The van der Waals surface area contributed by atoms with Crippen molar-refractivity contribution < 1.29 is 14.3 Å². The van der Waals surface area contributed by atoms with E-state index in [0.717, 1.165) is 5.56 Å². The minimum atomic E-state index is -1.11. The molecule has 1 saturated heterocycles. The summed E-state index contributed by atoms with van der Waals surface area (Å²) < 4.78 is 14.9. The molecule has 0 saturated carbocycles. The maximum atomic E-state index is 13.0. The Morgan fingerprint density at radius 3 is 2.70 bits per heavy atom. The highest BCUT2D eigenvalue weighted by Gasteiger charge is 2.39. The first kappa shape index (κ1) is 15.5. The average molecular weight is 314 g/mol. The Hall–Kier alpha value is -2.40. The van der Waals surface area contributed by atoms with Crippen molar-refractivity contribution >= 4 is 12.0 Å². The number of rotatable bonds is 3. The average Bonchev–Trinajstić information content (AvgIpc) is 3.12. The molecule has 120 valence electrons. The second kappa shape index (κ2) is 6.01. The molecule has 1 N–H and O–H groups in total. The monoisotopic (exact) mass is 314 g/mol. The number of likely N-dealkylation sites (tertiary alicyclic amines) is 1. The van der Waals surface area contributed by atoms with Gasteiger partial charge in [-0.05, 0) is 41.8 Å². The largest absolute Gasteiger partial charge is 0.383 e. The predicted octanol–water partition coefficient (Wildman–Crippen LogP) is 2.30. The fraction of sp³-hybridized carbons (Fsp3) is 0.278. The molecule has 0 aliphatic carbocycles. The normalized spacial score (nSPS) is 21.3. The smallest absolute Gasteiger partial charge is 0.246 e. The van der Waals surface area contributed by atoms with Crippen LogP contribution in [-0.4, -0.2) is 33.6 Å². The Labute approximate surface area is 134 Å². The number of halogens is 1. The number of nitrogens with zero attached hydrogens (tertiary/aromatic N) is 2. The fourth-order valence-corrected chi connectivity index (χ4v) is 2.87. The standard InChI is InChI=1S/C18H19FN2O2/c1-20-10-8-14(12-20)2-7-17(22)21-11-9-18(23,13-21)15-3-5-16(19)6-4-15/h2-8,10,12,23H,9,11,13H2,1H3/b7-2+. The van der Waals surface area contributed by atoms with Gasteiger partial charge in [-0.25, -0.2) is 4.39 Å². The van der Waals surface area contributed by atoms with Gasteiger partial charge in [-0.3, -0.25) is 4.79 Å². The van der Waals surface area contributed by atoms with Crippen LogP contribution in [0.25, 0.3) is 6.08 Å². The Morgan fingerprint density at radius 1 is 1.30 bits per heavy atom. The van der Waals surface area contributed by atoms with Gasteiger partial charge in [0.15, 0.2) is 0 Å². The van der Waals surface area contributed by atoms with Crippen LogP contribution in [0.4, 0.5) is 4.39 Å². The number of aliphatic hydroxyl groups is 1. The summed E-state index contributed by atoms with van der Waals surface area (Å²) in [5.41, 5.74) is 0.485. The maximum absolute atomic E-state index is 13.0. The Bertz CT molecular complexity index is 736. The molecule has 1 aliphatic heterocycles. The lowest BCUT2D eigenvalue weighted by Gasteiger charge is -2.23. The maximum Gasteiger partial charge on any atom is 0.246 e. The molecule has 0 spiro atoms. The number of carbonyl (C=O) groups excluding carboxylic acids is 1. The quantitative estimate of drug-likeness (QED) is 0.884. The molecule has 1 fully saturated rings. The molecular formula is C18H19FN2O2. The summed E-state index contributed by atoms with van der Waals surface area (Å²) in [6.45, 7) is 0.697. The summed E-state index contributed by atoms with van der Waals surface area (Å²) >= 11 is 0. The van der Waals surface area contributed by atoms with Crippen LogP contribution in [0.1, 0.15) is 17.5 Å². The minimum Gasteiger partial charge on any atom is -0.383 e. The van der Waals surface area contributed by atoms with E-state index in [1.165, 1.54) is 18.2 Å². The van der Waals surface area contributed by atoms with Gasteiger partial charge >= 0.3 is 0 Å².